The Morgan fingerprint density at radius 2 is 1.78 bits per heavy atom. The van der Waals surface area contributed by atoms with E-state index in [1.165, 1.54) is 12.2 Å². The standard InChI is InChI=1S/C12H19N3O3/c1-12(2,3)14-8-9(16)13-6-7-15-10(17)4-5-11(15)18/h4-5,14H,6-8H2,1-3H3,(H,13,16). The van der Waals surface area contributed by atoms with Crippen LogP contribution in [0.1, 0.15) is 20.8 Å². The maximum Gasteiger partial charge on any atom is 0.253 e. The van der Waals surface area contributed by atoms with Gasteiger partial charge < -0.3 is 10.6 Å². The minimum Gasteiger partial charge on any atom is -0.353 e. The van der Waals surface area contributed by atoms with Gasteiger partial charge in [-0.05, 0) is 20.8 Å². The Hall–Kier alpha value is -1.69. The molecule has 0 saturated carbocycles. The summed E-state index contributed by atoms with van der Waals surface area (Å²) < 4.78 is 0. The quantitative estimate of drug-likeness (QED) is 0.642. The zero-order valence-electron chi connectivity index (χ0n) is 10.9. The van der Waals surface area contributed by atoms with Crippen LogP contribution in [0.4, 0.5) is 0 Å². The number of rotatable bonds is 5. The van der Waals surface area contributed by atoms with Crippen LogP contribution in [0.15, 0.2) is 12.2 Å². The third-order valence-electron chi connectivity index (χ3n) is 2.34. The van der Waals surface area contributed by atoms with Crippen molar-refractivity contribution in [1.82, 2.24) is 15.5 Å². The topological polar surface area (TPSA) is 78.5 Å². The number of nitrogens with one attached hydrogen (secondary N) is 2. The minimum atomic E-state index is -0.331. The molecular formula is C12H19N3O3. The molecule has 0 unspecified atom stereocenters. The predicted octanol–water partition coefficient (Wildman–Crippen LogP) is -0.584. The maximum absolute atomic E-state index is 11.4. The number of imide groups is 1. The van der Waals surface area contributed by atoms with Crippen LogP contribution in [0, 0.1) is 0 Å². The van der Waals surface area contributed by atoms with Crippen LogP contribution in [-0.2, 0) is 14.4 Å². The first-order valence-corrected chi connectivity index (χ1v) is 5.85. The molecular weight excluding hydrogens is 234 g/mol. The molecule has 6 nitrogen and oxygen atoms in total. The largest absolute Gasteiger partial charge is 0.353 e. The molecule has 0 radical (unpaired) electrons. The van der Waals surface area contributed by atoms with Crippen molar-refractivity contribution in [2.45, 2.75) is 26.3 Å². The van der Waals surface area contributed by atoms with Crippen LogP contribution in [0.5, 0.6) is 0 Å². The molecule has 0 aliphatic carbocycles. The summed E-state index contributed by atoms with van der Waals surface area (Å²) in [6.07, 6.45) is 2.45. The van der Waals surface area contributed by atoms with Gasteiger partial charge in [0.15, 0.2) is 0 Å². The minimum absolute atomic E-state index is 0.123. The summed E-state index contributed by atoms with van der Waals surface area (Å²) in [5.74, 6) is -0.818. The van der Waals surface area contributed by atoms with Crippen molar-refractivity contribution in [3.63, 3.8) is 0 Å². The van der Waals surface area contributed by atoms with Gasteiger partial charge >= 0.3 is 0 Å². The van der Waals surface area contributed by atoms with E-state index < -0.39 is 0 Å². The zero-order valence-corrected chi connectivity index (χ0v) is 10.9. The molecule has 2 N–H and O–H groups in total. The molecule has 18 heavy (non-hydrogen) atoms. The van der Waals surface area contributed by atoms with Crippen molar-refractivity contribution in [1.29, 1.82) is 0 Å². The molecule has 100 valence electrons. The Labute approximate surface area is 106 Å². The number of carbonyl (C=O) groups is 3. The van der Waals surface area contributed by atoms with Gasteiger partial charge in [-0.1, -0.05) is 0 Å². The van der Waals surface area contributed by atoms with Crippen LogP contribution in [0.3, 0.4) is 0 Å². The lowest BCUT2D eigenvalue weighted by atomic mass is 10.1. The first-order valence-electron chi connectivity index (χ1n) is 5.85. The summed E-state index contributed by atoms with van der Waals surface area (Å²) in [5, 5.41) is 5.69. The molecule has 0 atom stereocenters. The van der Waals surface area contributed by atoms with Crippen molar-refractivity contribution in [3.05, 3.63) is 12.2 Å². The van der Waals surface area contributed by atoms with Crippen LogP contribution < -0.4 is 10.6 Å². The molecule has 0 aromatic heterocycles. The van der Waals surface area contributed by atoms with E-state index in [0.29, 0.717) is 0 Å². The van der Waals surface area contributed by atoms with Crippen LogP contribution in [-0.4, -0.2) is 47.8 Å². The Balaban J connectivity index is 2.20. The number of amides is 3. The zero-order chi connectivity index (χ0) is 13.8. The van der Waals surface area contributed by atoms with Crippen molar-refractivity contribution >= 4 is 17.7 Å². The highest BCUT2D eigenvalue weighted by Gasteiger charge is 2.22. The molecule has 0 fully saturated rings. The summed E-state index contributed by atoms with van der Waals surface area (Å²) in [6, 6.07) is 0. The fourth-order valence-electron chi connectivity index (χ4n) is 1.37. The first kappa shape index (κ1) is 14.4. The third-order valence-corrected chi connectivity index (χ3v) is 2.34. The van der Waals surface area contributed by atoms with Gasteiger partial charge in [-0.2, -0.15) is 0 Å². The maximum atomic E-state index is 11.4. The molecule has 3 amide bonds. The van der Waals surface area contributed by atoms with Gasteiger partial charge in [0.2, 0.25) is 5.91 Å². The Morgan fingerprint density at radius 3 is 2.28 bits per heavy atom. The predicted molar refractivity (Wildman–Crippen MR) is 66.6 cm³/mol. The second kappa shape index (κ2) is 5.77. The smallest absolute Gasteiger partial charge is 0.253 e. The fraction of sp³-hybridized carbons (Fsp3) is 0.583. The molecule has 1 aliphatic heterocycles. The number of nitrogens with zero attached hydrogens (tertiary/aromatic N) is 1. The van der Waals surface area contributed by atoms with Gasteiger partial charge in [0.25, 0.3) is 11.8 Å². The molecule has 0 aromatic carbocycles. The molecule has 0 spiro atoms. The fourth-order valence-corrected chi connectivity index (χ4v) is 1.37. The van der Waals surface area contributed by atoms with E-state index in [9.17, 15) is 14.4 Å². The van der Waals surface area contributed by atoms with E-state index in [0.717, 1.165) is 4.90 Å². The second-order valence-electron chi connectivity index (χ2n) is 5.11. The lowest BCUT2D eigenvalue weighted by molar-refractivity contribution is -0.137. The Bertz CT molecular complexity index is 365. The highest BCUT2D eigenvalue weighted by atomic mass is 16.2. The molecule has 6 heteroatoms. The summed E-state index contributed by atoms with van der Waals surface area (Å²) >= 11 is 0. The molecule has 1 rings (SSSR count). The van der Waals surface area contributed by atoms with Crippen molar-refractivity contribution < 1.29 is 14.4 Å². The summed E-state index contributed by atoms with van der Waals surface area (Å²) in [5.41, 5.74) is -0.123. The van der Waals surface area contributed by atoms with Gasteiger partial charge in [0.05, 0.1) is 6.54 Å². The van der Waals surface area contributed by atoms with Crippen molar-refractivity contribution in [2.24, 2.45) is 0 Å². The monoisotopic (exact) mass is 253 g/mol. The number of hydrogen-bond acceptors (Lipinski definition) is 4. The van der Waals surface area contributed by atoms with Crippen LogP contribution in [0.25, 0.3) is 0 Å². The van der Waals surface area contributed by atoms with Gasteiger partial charge in [-0.15, -0.1) is 0 Å². The third kappa shape index (κ3) is 4.67. The molecule has 0 saturated heterocycles. The van der Waals surface area contributed by atoms with Gasteiger partial charge in [-0.25, -0.2) is 0 Å². The average Bonchev–Trinajstić information content (AvgIpc) is 2.57. The van der Waals surface area contributed by atoms with E-state index in [2.05, 4.69) is 10.6 Å². The van der Waals surface area contributed by atoms with E-state index in [1.54, 1.807) is 0 Å². The highest BCUT2D eigenvalue weighted by Crippen LogP contribution is 2.01. The van der Waals surface area contributed by atoms with Crippen molar-refractivity contribution in [2.75, 3.05) is 19.6 Å². The van der Waals surface area contributed by atoms with Gasteiger partial charge in [0, 0.05) is 30.8 Å². The van der Waals surface area contributed by atoms with E-state index in [-0.39, 0.29) is 42.9 Å². The summed E-state index contributed by atoms with van der Waals surface area (Å²) in [6.45, 7) is 6.58. The van der Waals surface area contributed by atoms with Crippen LogP contribution in [0.2, 0.25) is 0 Å². The van der Waals surface area contributed by atoms with E-state index >= 15 is 0 Å². The molecule has 1 aliphatic rings. The Morgan fingerprint density at radius 1 is 1.22 bits per heavy atom. The van der Waals surface area contributed by atoms with Crippen molar-refractivity contribution in [3.8, 4) is 0 Å². The first-order chi connectivity index (χ1) is 8.29. The van der Waals surface area contributed by atoms with Gasteiger partial charge in [-0.3, -0.25) is 19.3 Å². The molecule has 1 heterocycles. The molecule has 0 bridgehead atoms. The average molecular weight is 253 g/mol. The lowest BCUT2D eigenvalue weighted by Gasteiger charge is -2.20. The SMILES string of the molecule is CC(C)(C)NCC(=O)NCCN1C(=O)C=CC1=O. The van der Waals surface area contributed by atoms with Crippen LogP contribution >= 0.6 is 0 Å². The number of carbonyl (C=O) groups excluding carboxylic acids is 3. The summed E-state index contributed by atoms with van der Waals surface area (Å²) in [4.78, 5) is 35.0. The van der Waals surface area contributed by atoms with E-state index in [1.807, 2.05) is 20.8 Å². The van der Waals surface area contributed by atoms with E-state index in [4.69, 9.17) is 0 Å². The Kier molecular flexibility index (Phi) is 4.61. The van der Waals surface area contributed by atoms with Gasteiger partial charge in [0.1, 0.15) is 0 Å². The second-order valence-corrected chi connectivity index (χ2v) is 5.11. The molecule has 0 aromatic rings. The highest BCUT2D eigenvalue weighted by molar-refractivity contribution is 6.12. The normalized spacial score (nSPS) is 15.4. The lowest BCUT2D eigenvalue weighted by Crippen LogP contribution is -2.45. The number of hydrogen-bond donors (Lipinski definition) is 2. The summed E-state index contributed by atoms with van der Waals surface area (Å²) in [7, 11) is 0.